The van der Waals surface area contributed by atoms with E-state index in [0.29, 0.717) is 5.82 Å². The summed E-state index contributed by atoms with van der Waals surface area (Å²) < 4.78 is 0.964. The van der Waals surface area contributed by atoms with Crippen LogP contribution in [0.2, 0.25) is 0 Å². The van der Waals surface area contributed by atoms with Gasteiger partial charge in [-0.05, 0) is 35.2 Å². The highest BCUT2D eigenvalue weighted by atomic mass is 79.9. The van der Waals surface area contributed by atoms with Crippen molar-refractivity contribution in [2.75, 3.05) is 0 Å². The summed E-state index contributed by atoms with van der Waals surface area (Å²) in [6.45, 7) is 1.97. The number of rotatable bonds is 5. The van der Waals surface area contributed by atoms with Crippen LogP contribution in [0.5, 0.6) is 0 Å². The molecule has 0 bridgehead atoms. The average Bonchev–Trinajstić information content (AvgIpc) is 3.18. The van der Waals surface area contributed by atoms with Gasteiger partial charge in [0.25, 0.3) is 0 Å². The summed E-state index contributed by atoms with van der Waals surface area (Å²) in [4.78, 5) is 13.5. The van der Waals surface area contributed by atoms with Crippen LogP contribution >= 0.6 is 27.3 Å². The largest absolute Gasteiger partial charge is 0.348 e. The summed E-state index contributed by atoms with van der Waals surface area (Å²) in [6.07, 6.45) is 0. The molecule has 1 aromatic carbocycles. The fourth-order valence-electron chi connectivity index (χ4n) is 2.14. The third-order valence-electron chi connectivity index (χ3n) is 3.27. The quantitative estimate of drug-likeness (QED) is 0.725. The zero-order chi connectivity index (χ0) is 16.2. The Balaban J connectivity index is 1.62. The zero-order valence-corrected chi connectivity index (χ0v) is 14.7. The number of hydrogen-bond acceptors (Lipinski definition) is 5. The minimum Gasteiger partial charge on any atom is -0.348 e. The highest BCUT2D eigenvalue weighted by Gasteiger charge is 2.14. The number of aromatic nitrogens is 4. The van der Waals surface area contributed by atoms with Crippen LogP contribution in [0.25, 0.3) is 11.4 Å². The fourth-order valence-corrected chi connectivity index (χ4v) is 3.40. The molecule has 0 saturated heterocycles. The lowest BCUT2D eigenvalue weighted by molar-refractivity contribution is -0.122. The molecule has 0 unspecified atom stereocenters. The first-order valence-electron chi connectivity index (χ1n) is 6.97. The highest BCUT2D eigenvalue weighted by Crippen LogP contribution is 2.22. The molecule has 0 radical (unpaired) electrons. The Morgan fingerprint density at radius 2 is 2.22 bits per heavy atom. The summed E-state index contributed by atoms with van der Waals surface area (Å²) in [5, 5.41) is 18.9. The standard InChI is InChI=1S/C15H14BrN5OS/c1-10(12-4-2-3-5-13(12)16)17-14(22)8-21-19-15(18-20-21)11-6-7-23-9-11/h2-7,9-10H,8H2,1H3,(H,17,22)/t10-/m0/s1. The smallest absolute Gasteiger partial charge is 0.244 e. The Labute approximate surface area is 145 Å². The fraction of sp³-hybridized carbons (Fsp3) is 0.200. The van der Waals surface area contributed by atoms with Crippen LogP contribution in [0.15, 0.2) is 45.6 Å². The summed E-state index contributed by atoms with van der Waals surface area (Å²) in [5.41, 5.74) is 1.93. The number of benzene rings is 1. The van der Waals surface area contributed by atoms with E-state index in [0.717, 1.165) is 15.6 Å². The van der Waals surface area contributed by atoms with Gasteiger partial charge in [0.1, 0.15) is 6.54 Å². The van der Waals surface area contributed by atoms with Gasteiger partial charge in [-0.3, -0.25) is 4.79 Å². The van der Waals surface area contributed by atoms with Gasteiger partial charge in [0.15, 0.2) is 0 Å². The van der Waals surface area contributed by atoms with Crippen molar-refractivity contribution in [2.24, 2.45) is 0 Å². The normalized spacial score (nSPS) is 12.1. The second-order valence-electron chi connectivity index (χ2n) is 4.97. The molecule has 8 heteroatoms. The van der Waals surface area contributed by atoms with E-state index in [1.54, 1.807) is 11.3 Å². The molecule has 23 heavy (non-hydrogen) atoms. The Morgan fingerprint density at radius 3 is 2.96 bits per heavy atom. The Kier molecular flexibility index (Phi) is 4.82. The van der Waals surface area contributed by atoms with Gasteiger partial charge in [-0.2, -0.15) is 16.1 Å². The van der Waals surface area contributed by atoms with E-state index in [4.69, 9.17) is 0 Å². The minimum absolute atomic E-state index is 0.0337. The van der Waals surface area contributed by atoms with E-state index < -0.39 is 0 Å². The van der Waals surface area contributed by atoms with Crippen LogP contribution in [0.4, 0.5) is 0 Å². The number of carbonyl (C=O) groups is 1. The van der Waals surface area contributed by atoms with Gasteiger partial charge in [0, 0.05) is 15.4 Å². The van der Waals surface area contributed by atoms with E-state index >= 15 is 0 Å². The van der Waals surface area contributed by atoms with E-state index in [9.17, 15) is 4.79 Å². The van der Waals surface area contributed by atoms with Crippen molar-refractivity contribution in [3.63, 3.8) is 0 Å². The number of amides is 1. The van der Waals surface area contributed by atoms with Crippen molar-refractivity contribution in [1.82, 2.24) is 25.5 Å². The number of hydrogen-bond donors (Lipinski definition) is 1. The first kappa shape index (κ1) is 15.8. The number of thiophene rings is 1. The third kappa shape index (κ3) is 3.83. The Morgan fingerprint density at radius 1 is 1.39 bits per heavy atom. The van der Waals surface area contributed by atoms with Crippen molar-refractivity contribution >= 4 is 33.2 Å². The molecule has 6 nitrogen and oxygen atoms in total. The third-order valence-corrected chi connectivity index (χ3v) is 4.67. The van der Waals surface area contributed by atoms with Crippen LogP contribution in [-0.2, 0) is 11.3 Å². The van der Waals surface area contributed by atoms with Crippen molar-refractivity contribution in [3.05, 3.63) is 51.1 Å². The summed E-state index contributed by atoms with van der Waals surface area (Å²) in [5.74, 6) is 0.362. The van der Waals surface area contributed by atoms with E-state index in [1.165, 1.54) is 4.80 Å². The minimum atomic E-state index is -0.164. The average molecular weight is 392 g/mol. The van der Waals surface area contributed by atoms with Crippen LogP contribution in [0, 0.1) is 0 Å². The van der Waals surface area contributed by atoms with Crippen molar-refractivity contribution in [1.29, 1.82) is 0 Å². The summed E-state index contributed by atoms with van der Waals surface area (Å²) >= 11 is 5.05. The second kappa shape index (κ2) is 7.01. The molecular formula is C15H14BrN5OS. The van der Waals surface area contributed by atoms with E-state index in [-0.39, 0.29) is 18.5 Å². The molecule has 3 rings (SSSR count). The molecule has 0 aliphatic rings. The predicted molar refractivity (Wildman–Crippen MR) is 91.8 cm³/mol. The van der Waals surface area contributed by atoms with Crippen LogP contribution < -0.4 is 5.32 Å². The summed E-state index contributed by atoms with van der Waals surface area (Å²) in [7, 11) is 0. The molecule has 2 heterocycles. The molecule has 1 amide bonds. The van der Waals surface area contributed by atoms with E-state index in [2.05, 4.69) is 36.7 Å². The molecule has 1 atom stereocenters. The maximum atomic E-state index is 12.2. The van der Waals surface area contributed by atoms with Gasteiger partial charge in [0.05, 0.1) is 6.04 Å². The predicted octanol–water partition coefficient (Wildman–Crippen LogP) is 3.04. The molecule has 0 aliphatic carbocycles. The number of halogens is 1. The van der Waals surface area contributed by atoms with Gasteiger partial charge < -0.3 is 5.32 Å². The van der Waals surface area contributed by atoms with Gasteiger partial charge >= 0.3 is 0 Å². The lowest BCUT2D eigenvalue weighted by atomic mass is 10.1. The molecule has 0 saturated carbocycles. The molecule has 118 valence electrons. The first-order chi connectivity index (χ1) is 11.1. The number of carbonyl (C=O) groups excluding carboxylic acids is 1. The van der Waals surface area contributed by atoms with Crippen LogP contribution in [0.1, 0.15) is 18.5 Å². The molecule has 3 aromatic rings. The maximum Gasteiger partial charge on any atom is 0.244 e. The van der Waals surface area contributed by atoms with E-state index in [1.807, 2.05) is 48.0 Å². The lowest BCUT2D eigenvalue weighted by Crippen LogP contribution is -2.31. The monoisotopic (exact) mass is 391 g/mol. The summed E-state index contributed by atoms with van der Waals surface area (Å²) in [6, 6.07) is 9.60. The zero-order valence-electron chi connectivity index (χ0n) is 12.3. The molecule has 0 aliphatic heterocycles. The Hall–Kier alpha value is -2.06. The maximum absolute atomic E-state index is 12.2. The van der Waals surface area contributed by atoms with Gasteiger partial charge in [0.2, 0.25) is 11.7 Å². The first-order valence-corrected chi connectivity index (χ1v) is 8.71. The van der Waals surface area contributed by atoms with Crippen molar-refractivity contribution in [3.8, 4) is 11.4 Å². The second-order valence-corrected chi connectivity index (χ2v) is 6.60. The van der Waals surface area contributed by atoms with Crippen molar-refractivity contribution < 1.29 is 4.79 Å². The van der Waals surface area contributed by atoms with Gasteiger partial charge in [-0.25, -0.2) is 0 Å². The number of nitrogens with one attached hydrogen (secondary N) is 1. The molecule has 1 N–H and O–H groups in total. The van der Waals surface area contributed by atoms with Gasteiger partial charge in [-0.1, -0.05) is 34.1 Å². The highest BCUT2D eigenvalue weighted by molar-refractivity contribution is 9.10. The Bertz CT molecular complexity index is 802. The molecule has 0 spiro atoms. The number of nitrogens with zero attached hydrogens (tertiary/aromatic N) is 4. The van der Waals surface area contributed by atoms with Gasteiger partial charge in [-0.15, -0.1) is 10.2 Å². The number of tetrazole rings is 1. The topological polar surface area (TPSA) is 72.7 Å². The molecular weight excluding hydrogens is 378 g/mol. The van der Waals surface area contributed by atoms with Crippen molar-refractivity contribution in [2.45, 2.75) is 19.5 Å². The van der Waals surface area contributed by atoms with Crippen LogP contribution in [0.3, 0.4) is 0 Å². The molecule has 0 fully saturated rings. The lowest BCUT2D eigenvalue weighted by Gasteiger charge is -2.15. The van der Waals surface area contributed by atoms with Crippen LogP contribution in [-0.4, -0.2) is 26.1 Å². The SMILES string of the molecule is C[C@H](NC(=O)Cn1nnc(-c2ccsc2)n1)c1ccccc1Br. The molecule has 2 aromatic heterocycles.